The Morgan fingerprint density at radius 3 is 2.43 bits per heavy atom. The monoisotopic (exact) mass is 600 g/mol. The van der Waals surface area contributed by atoms with E-state index in [0.29, 0.717) is 31.6 Å². The van der Waals surface area contributed by atoms with Crippen molar-refractivity contribution in [2.75, 3.05) is 6.54 Å². The van der Waals surface area contributed by atoms with Crippen LogP contribution in [0.4, 0.5) is 0 Å². The summed E-state index contributed by atoms with van der Waals surface area (Å²) in [5, 5.41) is 28.5. The number of carboxylic acid groups (broad SMARTS) is 1. The summed E-state index contributed by atoms with van der Waals surface area (Å²) in [7, 11) is 0. The molecular formula is C33H40N6O5. The van der Waals surface area contributed by atoms with Crippen molar-refractivity contribution in [3.05, 3.63) is 65.4 Å². The van der Waals surface area contributed by atoms with Gasteiger partial charge in [0.15, 0.2) is 11.6 Å². The Morgan fingerprint density at radius 2 is 1.80 bits per heavy atom. The number of ether oxygens (including phenoxy) is 1. The van der Waals surface area contributed by atoms with Gasteiger partial charge in [-0.3, -0.25) is 19.4 Å². The van der Waals surface area contributed by atoms with Crippen molar-refractivity contribution in [2.45, 2.75) is 84.4 Å². The number of carbonyl (C=O) groups is 3. The van der Waals surface area contributed by atoms with Crippen molar-refractivity contribution in [3.8, 4) is 22.5 Å². The van der Waals surface area contributed by atoms with E-state index < -0.39 is 35.8 Å². The topological polar surface area (TPSA) is 142 Å². The van der Waals surface area contributed by atoms with E-state index in [1.165, 1.54) is 5.57 Å². The first-order valence-corrected chi connectivity index (χ1v) is 15.4. The minimum Gasteiger partial charge on any atom is -0.480 e. The van der Waals surface area contributed by atoms with Crippen LogP contribution in [0.5, 0.6) is 0 Å². The number of aromatic amines is 1. The quantitative estimate of drug-likeness (QED) is 0.219. The van der Waals surface area contributed by atoms with Crippen molar-refractivity contribution in [1.82, 2.24) is 30.6 Å². The molecule has 1 fully saturated rings. The molecule has 44 heavy (non-hydrogen) atoms. The molecule has 1 aromatic heterocycles. The Morgan fingerprint density at radius 1 is 1.07 bits per heavy atom. The Hall–Kier alpha value is -4.38. The highest BCUT2D eigenvalue weighted by molar-refractivity contribution is 6.16. The Kier molecular flexibility index (Phi) is 9.53. The fourth-order valence-electron chi connectivity index (χ4n) is 6.18. The number of aromatic nitrogens is 4. The van der Waals surface area contributed by atoms with E-state index in [9.17, 15) is 19.5 Å². The first kappa shape index (κ1) is 31.1. The van der Waals surface area contributed by atoms with E-state index in [-0.39, 0.29) is 6.04 Å². The standard InChI is InChI=1S/C33H40N6O5/c1-5-9-27-24(18-22-13-15-23(16-14-22)25-10-7-8-11-26(25)31-34-36-37-35-31)19-38-20(3)12-17-28(39(27)38)30(40)29(32(41)42)33(43)44-21(4)6-2/h7-8,10-11,13-16,20-21,28-29H,5-6,9,12,17-19H2,1-4H3,(H,41,42)(H,34,35,36,37). The molecule has 2 N–H and O–H groups in total. The minimum atomic E-state index is -1.85. The van der Waals surface area contributed by atoms with Gasteiger partial charge >= 0.3 is 11.9 Å². The summed E-state index contributed by atoms with van der Waals surface area (Å²) >= 11 is 0. The maximum atomic E-state index is 13.8. The van der Waals surface area contributed by atoms with E-state index in [1.807, 2.05) is 36.2 Å². The number of fused-ring (bicyclic) bond motifs is 1. The number of hydrazine groups is 1. The van der Waals surface area contributed by atoms with Gasteiger partial charge in [0.1, 0.15) is 6.04 Å². The average molecular weight is 601 g/mol. The fraction of sp³-hybridized carbons (Fsp3) is 0.455. The van der Waals surface area contributed by atoms with Crippen LogP contribution in [-0.4, -0.2) is 78.2 Å². The number of benzene rings is 2. The number of carbonyl (C=O) groups excluding carboxylic acids is 2. The van der Waals surface area contributed by atoms with Crippen LogP contribution in [0.1, 0.15) is 65.4 Å². The van der Waals surface area contributed by atoms with Gasteiger partial charge in [-0.05, 0) is 78.6 Å². The van der Waals surface area contributed by atoms with Crippen molar-refractivity contribution < 1.29 is 24.2 Å². The van der Waals surface area contributed by atoms with Gasteiger partial charge in [-0.1, -0.05) is 68.8 Å². The molecule has 11 heteroatoms. The SMILES string of the molecule is CCCC1=C(Cc2ccc(-c3ccccc3-c3nnn[nH]3)cc2)CN2C(C)CCC(C(=O)C(C(=O)O)C(=O)OC(C)CC)N12. The van der Waals surface area contributed by atoms with E-state index in [4.69, 9.17) is 4.74 Å². The second-order valence-electron chi connectivity index (χ2n) is 11.7. The Bertz CT molecular complexity index is 1520. The van der Waals surface area contributed by atoms with Crippen LogP contribution in [0, 0.1) is 5.92 Å². The number of hydrogen-bond acceptors (Lipinski definition) is 9. The van der Waals surface area contributed by atoms with Gasteiger partial charge in [0.25, 0.3) is 0 Å². The van der Waals surface area contributed by atoms with E-state index in [1.54, 1.807) is 6.92 Å². The molecule has 0 radical (unpaired) electrons. The lowest BCUT2D eigenvalue weighted by molar-refractivity contribution is -0.168. The van der Waals surface area contributed by atoms with E-state index in [0.717, 1.165) is 47.2 Å². The second-order valence-corrected chi connectivity index (χ2v) is 11.7. The summed E-state index contributed by atoms with van der Waals surface area (Å²) < 4.78 is 5.32. The van der Waals surface area contributed by atoms with Crippen molar-refractivity contribution in [1.29, 1.82) is 0 Å². The number of nitrogens with one attached hydrogen (secondary N) is 1. The fourth-order valence-corrected chi connectivity index (χ4v) is 6.18. The summed E-state index contributed by atoms with van der Waals surface area (Å²) in [5.41, 5.74) is 6.35. The number of rotatable bonds is 12. The van der Waals surface area contributed by atoms with Gasteiger partial charge in [-0.2, -0.15) is 0 Å². The molecule has 0 aliphatic carbocycles. The third kappa shape index (κ3) is 6.28. The molecule has 2 aliphatic rings. The lowest BCUT2D eigenvalue weighted by Crippen LogP contribution is -2.58. The number of esters is 1. The number of H-pyrrole nitrogens is 1. The zero-order valence-corrected chi connectivity index (χ0v) is 25.7. The summed E-state index contributed by atoms with van der Waals surface area (Å²) in [5.74, 6) is -4.30. The minimum absolute atomic E-state index is 0.170. The molecule has 0 spiro atoms. The molecule has 2 aromatic carbocycles. The molecular weight excluding hydrogens is 560 g/mol. The zero-order chi connectivity index (χ0) is 31.4. The molecule has 5 rings (SSSR count). The van der Waals surface area contributed by atoms with Crippen LogP contribution >= 0.6 is 0 Å². The molecule has 2 aliphatic heterocycles. The van der Waals surface area contributed by atoms with Crippen LogP contribution in [0.25, 0.3) is 22.5 Å². The molecule has 3 aromatic rings. The molecule has 4 unspecified atom stereocenters. The number of hydrogen-bond donors (Lipinski definition) is 2. The van der Waals surface area contributed by atoms with Crippen LogP contribution in [0.2, 0.25) is 0 Å². The third-order valence-corrected chi connectivity index (χ3v) is 8.66. The smallest absolute Gasteiger partial charge is 0.328 e. The summed E-state index contributed by atoms with van der Waals surface area (Å²) in [4.78, 5) is 38.9. The number of aliphatic carboxylic acids is 1. The summed E-state index contributed by atoms with van der Waals surface area (Å²) in [6, 6.07) is 15.8. The first-order valence-electron chi connectivity index (χ1n) is 15.4. The maximum absolute atomic E-state index is 13.8. The largest absolute Gasteiger partial charge is 0.480 e. The number of nitrogens with zero attached hydrogens (tertiary/aromatic N) is 5. The van der Waals surface area contributed by atoms with Gasteiger partial charge in [0.2, 0.25) is 5.92 Å². The van der Waals surface area contributed by atoms with Crippen LogP contribution in [-0.2, 0) is 25.5 Å². The molecule has 11 nitrogen and oxygen atoms in total. The second kappa shape index (κ2) is 13.5. The highest BCUT2D eigenvalue weighted by Gasteiger charge is 2.48. The van der Waals surface area contributed by atoms with E-state index in [2.05, 4.69) is 63.7 Å². The van der Waals surface area contributed by atoms with Gasteiger partial charge in [-0.25, -0.2) is 10.1 Å². The Balaban J connectivity index is 1.42. The molecule has 0 saturated carbocycles. The molecule has 0 amide bonds. The van der Waals surface area contributed by atoms with Crippen molar-refractivity contribution in [3.63, 3.8) is 0 Å². The first-order chi connectivity index (χ1) is 21.2. The van der Waals surface area contributed by atoms with Gasteiger partial charge in [-0.15, -0.1) is 5.10 Å². The molecule has 4 atom stereocenters. The highest BCUT2D eigenvalue weighted by atomic mass is 16.5. The number of ketones is 1. The maximum Gasteiger partial charge on any atom is 0.328 e. The summed E-state index contributed by atoms with van der Waals surface area (Å²) in [6.07, 6.45) is 3.58. The molecule has 0 bridgehead atoms. The molecule has 1 saturated heterocycles. The van der Waals surface area contributed by atoms with Gasteiger partial charge in [0, 0.05) is 23.8 Å². The normalized spacial score (nSPS) is 19.9. The third-order valence-electron chi connectivity index (χ3n) is 8.66. The van der Waals surface area contributed by atoms with Gasteiger partial charge in [0.05, 0.1) is 6.10 Å². The molecule has 3 heterocycles. The van der Waals surface area contributed by atoms with Crippen LogP contribution in [0.15, 0.2) is 59.8 Å². The zero-order valence-electron chi connectivity index (χ0n) is 25.7. The lowest BCUT2D eigenvalue weighted by Gasteiger charge is -2.46. The average Bonchev–Trinajstić information content (AvgIpc) is 3.67. The Labute approximate surface area is 257 Å². The number of Topliss-reactive ketones (excluding diaryl/α,β-unsaturated/α-hetero) is 1. The van der Waals surface area contributed by atoms with Crippen LogP contribution in [0.3, 0.4) is 0 Å². The highest BCUT2D eigenvalue weighted by Crippen LogP contribution is 2.39. The van der Waals surface area contributed by atoms with Crippen LogP contribution < -0.4 is 0 Å². The van der Waals surface area contributed by atoms with Crippen molar-refractivity contribution >= 4 is 17.7 Å². The number of allylic oxidation sites excluding steroid dienone is 1. The van der Waals surface area contributed by atoms with Crippen molar-refractivity contribution in [2.24, 2.45) is 5.92 Å². The van der Waals surface area contributed by atoms with E-state index >= 15 is 0 Å². The lowest BCUT2D eigenvalue weighted by atomic mass is 9.91. The number of tetrazole rings is 1. The van der Waals surface area contributed by atoms with Gasteiger partial charge < -0.3 is 9.84 Å². The predicted octanol–water partition coefficient (Wildman–Crippen LogP) is 4.83. The number of carboxylic acids is 1. The summed E-state index contributed by atoms with van der Waals surface area (Å²) in [6.45, 7) is 8.41. The molecule has 232 valence electrons. The predicted molar refractivity (Wildman–Crippen MR) is 164 cm³/mol.